The molecule has 0 spiro atoms. The average Bonchev–Trinajstić information content (AvgIpc) is 2.56. The third kappa shape index (κ3) is 3.56. The molecule has 11 heteroatoms. The summed E-state index contributed by atoms with van der Waals surface area (Å²) in [6.45, 7) is 1.24. The Morgan fingerprint density at radius 2 is 1.73 bits per heavy atom. The highest BCUT2D eigenvalue weighted by Gasteiger charge is 2.25. The second-order valence-electron chi connectivity index (χ2n) is 5.14. The maximum atomic E-state index is 12.4. The molecule has 2 aromatic carbocycles. The van der Waals surface area contributed by atoms with Crippen LogP contribution in [0.3, 0.4) is 0 Å². The smallest absolute Gasteiger partial charge is 0.335 e. The van der Waals surface area contributed by atoms with Gasteiger partial charge >= 0.3 is 5.97 Å². The van der Waals surface area contributed by atoms with Crippen molar-refractivity contribution in [2.24, 2.45) is 0 Å². The van der Waals surface area contributed by atoms with Crippen molar-refractivity contribution < 1.29 is 29.6 Å². The van der Waals surface area contributed by atoms with Crippen molar-refractivity contribution in [2.45, 2.75) is 6.92 Å². The van der Waals surface area contributed by atoms with Gasteiger partial charge in [-0.25, -0.2) is 4.79 Å². The minimum atomic E-state index is -1.30. The van der Waals surface area contributed by atoms with E-state index in [1.165, 1.54) is 6.92 Å². The Hall–Kier alpha value is -4.02. The lowest BCUT2D eigenvalue weighted by atomic mass is 10.0. The third-order valence-corrected chi connectivity index (χ3v) is 3.51. The molecule has 2 rings (SSSR count). The van der Waals surface area contributed by atoms with Crippen LogP contribution in [0.4, 0.5) is 17.1 Å². The SMILES string of the molecule is Cc1c(C(=O)Nc2cc(C(=O)O)ccc2O)cc([N+](=O)[O-])cc1[N+](=O)[O-]. The lowest BCUT2D eigenvalue weighted by Crippen LogP contribution is -2.15. The number of nitro groups is 2. The van der Waals surface area contributed by atoms with Crippen LogP contribution >= 0.6 is 0 Å². The van der Waals surface area contributed by atoms with Gasteiger partial charge in [0.15, 0.2) is 0 Å². The number of nitro benzene ring substituents is 2. The van der Waals surface area contributed by atoms with Gasteiger partial charge < -0.3 is 15.5 Å². The highest BCUT2D eigenvalue weighted by molar-refractivity contribution is 6.07. The number of carbonyl (C=O) groups is 2. The van der Waals surface area contributed by atoms with Crippen LogP contribution in [0.25, 0.3) is 0 Å². The molecule has 0 aliphatic carbocycles. The highest BCUT2D eigenvalue weighted by Crippen LogP contribution is 2.30. The van der Waals surface area contributed by atoms with E-state index in [1.807, 2.05) is 0 Å². The van der Waals surface area contributed by atoms with Crippen LogP contribution in [-0.2, 0) is 0 Å². The molecular formula is C15H11N3O8. The van der Waals surface area contributed by atoms with Crippen LogP contribution in [0.5, 0.6) is 5.75 Å². The number of anilines is 1. The second-order valence-corrected chi connectivity index (χ2v) is 5.14. The Morgan fingerprint density at radius 1 is 1.08 bits per heavy atom. The Kier molecular flexibility index (Phi) is 4.82. The number of amides is 1. The van der Waals surface area contributed by atoms with E-state index >= 15 is 0 Å². The van der Waals surface area contributed by atoms with Crippen LogP contribution in [0.2, 0.25) is 0 Å². The number of aromatic hydroxyl groups is 1. The molecule has 26 heavy (non-hydrogen) atoms. The average molecular weight is 361 g/mol. The first-order valence-corrected chi connectivity index (χ1v) is 6.93. The first kappa shape index (κ1) is 18.3. The number of carboxylic acid groups (broad SMARTS) is 1. The topological polar surface area (TPSA) is 173 Å². The molecule has 0 aliphatic heterocycles. The Labute approximate surface area is 144 Å². The molecule has 11 nitrogen and oxygen atoms in total. The monoisotopic (exact) mass is 361 g/mol. The number of carbonyl (C=O) groups excluding carboxylic acids is 1. The normalized spacial score (nSPS) is 10.2. The molecule has 0 bridgehead atoms. The molecular weight excluding hydrogens is 350 g/mol. The first-order valence-electron chi connectivity index (χ1n) is 6.93. The van der Waals surface area contributed by atoms with Crippen molar-refractivity contribution in [3.05, 3.63) is 67.3 Å². The molecule has 0 unspecified atom stereocenters. The van der Waals surface area contributed by atoms with Gasteiger partial charge in [0, 0.05) is 11.6 Å². The van der Waals surface area contributed by atoms with Crippen molar-refractivity contribution in [1.82, 2.24) is 0 Å². The number of rotatable bonds is 5. The van der Waals surface area contributed by atoms with Crippen LogP contribution < -0.4 is 5.32 Å². The fourth-order valence-corrected chi connectivity index (χ4v) is 2.17. The summed E-state index contributed by atoms with van der Waals surface area (Å²) in [4.78, 5) is 43.6. The second kappa shape index (κ2) is 6.84. The lowest BCUT2D eigenvalue weighted by molar-refractivity contribution is -0.394. The van der Waals surface area contributed by atoms with Crippen LogP contribution in [0.15, 0.2) is 30.3 Å². The van der Waals surface area contributed by atoms with Crippen molar-refractivity contribution in [3.63, 3.8) is 0 Å². The van der Waals surface area contributed by atoms with E-state index in [2.05, 4.69) is 5.32 Å². The number of non-ortho nitro benzene ring substituents is 1. The van der Waals surface area contributed by atoms with Crippen LogP contribution in [0, 0.1) is 27.2 Å². The fourth-order valence-electron chi connectivity index (χ4n) is 2.17. The minimum Gasteiger partial charge on any atom is -0.506 e. The van der Waals surface area contributed by atoms with Crippen molar-refractivity contribution in [2.75, 3.05) is 5.32 Å². The summed E-state index contributed by atoms with van der Waals surface area (Å²) in [5, 5.41) is 42.9. The maximum Gasteiger partial charge on any atom is 0.335 e. The number of benzene rings is 2. The number of hydrogen-bond acceptors (Lipinski definition) is 7. The molecule has 0 aromatic heterocycles. The van der Waals surface area contributed by atoms with Crippen LogP contribution in [-0.4, -0.2) is 31.9 Å². The quantitative estimate of drug-likeness (QED) is 0.413. The third-order valence-electron chi connectivity index (χ3n) is 3.51. The van der Waals surface area contributed by atoms with Gasteiger partial charge in [-0.1, -0.05) is 0 Å². The molecule has 0 aliphatic rings. The largest absolute Gasteiger partial charge is 0.506 e. The predicted molar refractivity (Wildman–Crippen MR) is 87.5 cm³/mol. The van der Waals surface area contributed by atoms with E-state index < -0.39 is 38.8 Å². The molecule has 1 amide bonds. The van der Waals surface area contributed by atoms with Crippen molar-refractivity contribution in [1.29, 1.82) is 0 Å². The van der Waals surface area contributed by atoms with Gasteiger partial charge in [-0.3, -0.25) is 25.0 Å². The number of aromatic carboxylic acids is 1. The molecule has 0 atom stereocenters. The first-order chi connectivity index (χ1) is 12.1. The summed E-state index contributed by atoms with van der Waals surface area (Å²) >= 11 is 0. The van der Waals surface area contributed by atoms with Gasteiger partial charge in [-0.15, -0.1) is 0 Å². The molecule has 134 valence electrons. The standard InChI is InChI=1S/C15H11N3O8/c1-7-10(5-9(17(23)24)6-12(7)18(25)26)14(20)16-11-4-8(15(21)22)2-3-13(11)19/h2-6,19H,1H3,(H,16,20)(H,21,22). The molecule has 0 saturated heterocycles. The van der Waals surface area contributed by atoms with Gasteiger partial charge in [0.05, 0.1) is 32.7 Å². The summed E-state index contributed by atoms with van der Waals surface area (Å²) in [7, 11) is 0. The fraction of sp³-hybridized carbons (Fsp3) is 0.0667. The molecule has 0 heterocycles. The zero-order valence-corrected chi connectivity index (χ0v) is 13.1. The maximum absolute atomic E-state index is 12.4. The number of nitrogens with one attached hydrogen (secondary N) is 1. The number of phenolic OH excluding ortho intramolecular Hbond substituents is 1. The summed E-state index contributed by atoms with van der Waals surface area (Å²) in [6, 6.07) is 4.72. The van der Waals surface area contributed by atoms with E-state index in [-0.39, 0.29) is 22.4 Å². The summed E-state index contributed by atoms with van der Waals surface area (Å²) in [6.07, 6.45) is 0. The zero-order chi connectivity index (χ0) is 19.6. The molecule has 2 aromatic rings. The Morgan fingerprint density at radius 3 is 2.27 bits per heavy atom. The molecule has 0 radical (unpaired) electrons. The summed E-state index contributed by atoms with van der Waals surface area (Å²) in [5.41, 5.74) is -2.23. The Balaban J connectivity index is 2.50. The van der Waals surface area contributed by atoms with Crippen molar-refractivity contribution >= 4 is 28.9 Å². The van der Waals surface area contributed by atoms with Crippen LogP contribution in [0.1, 0.15) is 26.3 Å². The Bertz CT molecular complexity index is 954. The highest BCUT2D eigenvalue weighted by atomic mass is 16.6. The van der Waals surface area contributed by atoms with Gasteiger partial charge in [-0.05, 0) is 25.1 Å². The molecule has 0 saturated carbocycles. The van der Waals surface area contributed by atoms with Gasteiger partial charge in [0.2, 0.25) is 0 Å². The van der Waals surface area contributed by atoms with Crippen molar-refractivity contribution in [3.8, 4) is 5.75 Å². The number of nitrogens with zero attached hydrogens (tertiary/aromatic N) is 2. The van der Waals surface area contributed by atoms with E-state index in [1.54, 1.807) is 0 Å². The molecule has 0 fully saturated rings. The predicted octanol–water partition coefficient (Wildman–Crippen LogP) is 2.47. The number of carboxylic acids is 1. The lowest BCUT2D eigenvalue weighted by Gasteiger charge is -2.10. The number of hydrogen-bond donors (Lipinski definition) is 3. The number of phenols is 1. The van der Waals surface area contributed by atoms with E-state index in [4.69, 9.17) is 5.11 Å². The zero-order valence-electron chi connectivity index (χ0n) is 13.1. The summed E-state index contributed by atoms with van der Waals surface area (Å²) in [5.74, 6) is -2.73. The molecule has 3 N–H and O–H groups in total. The van der Waals surface area contributed by atoms with E-state index in [9.17, 15) is 34.9 Å². The van der Waals surface area contributed by atoms with Gasteiger partial charge in [0.25, 0.3) is 17.3 Å². The van der Waals surface area contributed by atoms with E-state index in [0.717, 1.165) is 30.3 Å². The summed E-state index contributed by atoms with van der Waals surface area (Å²) < 4.78 is 0. The van der Waals surface area contributed by atoms with Gasteiger partial charge in [0.1, 0.15) is 5.75 Å². The minimum absolute atomic E-state index is 0.119. The van der Waals surface area contributed by atoms with Gasteiger partial charge in [-0.2, -0.15) is 0 Å². The van der Waals surface area contributed by atoms with E-state index in [0.29, 0.717) is 0 Å².